The van der Waals surface area contributed by atoms with E-state index in [9.17, 15) is 4.79 Å². The molecule has 4 nitrogen and oxygen atoms in total. The van der Waals surface area contributed by atoms with Crippen molar-refractivity contribution in [2.75, 3.05) is 13.1 Å². The highest BCUT2D eigenvalue weighted by Crippen LogP contribution is 2.21. The van der Waals surface area contributed by atoms with Gasteiger partial charge in [0.2, 0.25) is 5.91 Å². The molecular weight excluding hydrogens is 178 g/mol. The van der Waals surface area contributed by atoms with Crippen molar-refractivity contribution in [2.24, 2.45) is 11.5 Å². The van der Waals surface area contributed by atoms with Gasteiger partial charge in [-0.15, -0.1) is 0 Å². The minimum absolute atomic E-state index is 0.211. The fraction of sp³-hybridized carbons (Fsp3) is 0.900. The third kappa shape index (κ3) is 2.96. The number of likely N-dealkylation sites (N-methyl/N-ethyl adjacent to an activating group) is 1. The van der Waals surface area contributed by atoms with E-state index in [0.717, 1.165) is 19.4 Å². The SMILES string of the molecule is CCN(CC(N)=O)C1CCCCC1N. The van der Waals surface area contributed by atoms with Gasteiger partial charge in [0.15, 0.2) is 0 Å². The van der Waals surface area contributed by atoms with Gasteiger partial charge in [0.05, 0.1) is 6.54 Å². The molecule has 2 unspecified atom stereocenters. The zero-order valence-electron chi connectivity index (χ0n) is 8.91. The highest BCUT2D eigenvalue weighted by atomic mass is 16.1. The van der Waals surface area contributed by atoms with E-state index in [1.54, 1.807) is 0 Å². The lowest BCUT2D eigenvalue weighted by molar-refractivity contribution is -0.119. The summed E-state index contributed by atoms with van der Waals surface area (Å²) in [6, 6.07) is 0.560. The van der Waals surface area contributed by atoms with Crippen LogP contribution in [0.25, 0.3) is 0 Å². The number of hydrogen-bond donors (Lipinski definition) is 2. The van der Waals surface area contributed by atoms with Gasteiger partial charge in [-0.3, -0.25) is 9.69 Å². The monoisotopic (exact) mass is 199 g/mol. The van der Waals surface area contributed by atoms with Gasteiger partial charge in [0, 0.05) is 12.1 Å². The first-order valence-corrected chi connectivity index (χ1v) is 5.43. The highest BCUT2D eigenvalue weighted by Gasteiger charge is 2.27. The molecule has 1 aliphatic rings. The highest BCUT2D eigenvalue weighted by molar-refractivity contribution is 5.75. The summed E-state index contributed by atoms with van der Waals surface area (Å²) >= 11 is 0. The van der Waals surface area contributed by atoms with Crippen LogP contribution in [-0.4, -0.2) is 36.0 Å². The fourth-order valence-corrected chi connectivity index (χ4v) is 2.26. The Kier molecular flexibility index (Phi) is 4.35. The van der Waals surface area contributed by atoms with E-state index in [2.05, 4.69) is 4.90 Å². The summed E-state index contributed by atoms with van der Waals surface area (Å²) in [4.78, 5) is 13.0. The maximum Gasteiger partial charge on any atom is 0.231 e. The van der Waals surface area contributed by atoms with E-state index in [-0.39, 0.29) is 11.9 Å². The van der Waals surface area contributed by atoms with Crippen LogP contribution in [0, 0.1) is 0 Å². The summed E-state index contributed by atoms with van der Waals surface area (Å²) in [6.45, 7) is 3.24. The number of hydrogen-bond acceptors (Lipinski definition) is 3. The van der Waals surface area contributed by atoms with Gasteiger partial charge in [-0.25, -0.2) is 0 Å². The number of nitrogens with zero attached hydrogens (tertiary/aromatic N) is 1. The van der Waals surface area contributed by atoms with Crippen LogP contribution in [0.2, 0.25) is 0 Å². The van der Waals surface area contributed by atoms with Crippen LogP contribution < -0.4 is 11.5 Å². The van der Waals surface area contributed by atoms with Crippen LogP contribution in [0.5, 0.6) is 0 Å². The quantitative estimate of drug-likeness (QED) is 0.672. The molecule has 1 amide bonds. The number of nitrogens with two attached hydrogens (primary N) is 2. The number of rotatable bonds is 4. The zero-order valence-corrected chi connectivity index (χ0v) is 8.91. The van der Waals surface area contributed by atoms with Crippen molar-refractivity contribution in [1.82, 2.24) is 4.90 Å². The first kappa shape index (κ1) is 11.5. The molecule has 0 heterocycles. The van der Waals surface area contributed by atoms with E-state index < -0.39 is 0 Å². The van der Waals surface area contributed by atoms with E-state index >= 15 is 0 Å². The molecule has 4 heteroatoms. The topological polar surface area (TPSA) is 72.3 Å². The molecule has 1 fully saturated rings. The molecule has 0 aromatic carbocycles. The molecule has 4 N–H and O–H groups in total. The average Bonchev–Trinajstić information content (AvgIpc) is 2.15. The molecule has 1 aliphatic carbocycles. The average molecular weight is 199 g/mol. The molecular formula is C10H21N3O. The Bertz CT molecular complexity index is 196. The molecule has 14 heavy (non-hydrogen) atoms. The number of carbonyl (C=O) groups is 1. The lowest BCUT2D eigenvalue weighted by Gasteiger charge is -2.37. The second-order valence-corrected chi connectivity index (χ2v) is 4.05. The summed E-state index contributed by atoms with van der Waals surface area (Å²) in [5, 5.41) is 0. The van der Waals surface area contributed by atoms with Gasteiger partial charge in [0.1, 0.15) is 0 Å². The largest absolute Gasteiger partial charge is 0.369 e. The predicted molar refractivity (Wildman–Crippen MR) is 56.7 cm³/mol. The van der Waals surface area contributed by atoms with Gasteiger partial charge in [0.25, 0.3) is 0 Å². The van der Waals surface area contributed by atoms with Crippen LogP contribution in [-0.2, 0) is 4.79 Å². The molecule has 0 aromatic heterocycles. The Labute approximate surface area is 85.6 Å². The fourth-order valence-electron chi connectivity index (χ4n) is 2.26. The van der Waals surface area contributed by atoms with Crippen LogP contribution in [0.3, 0.4) is 0 Å². The standard InChI is InChI=1S/C10H21N3O/c1-2-13(7-10(12)14)9-6-4-3-5-8(9)11/h8-9H,2-7,11H2,1H3,(H2,12,14). The Morgan fingerprint density at radius 3 is 2.57 bits per heavy atom. The van der Waals surface area contributed by atoms with Gasteiger partial charge < -0.3 is 11.5 Å². The lowest BCUT2D eigenvalue weighted by Crippen LogP contribution is -2.51. The Morgan fingerprint density at radius 2 is 2.07 bits per heavy atom. The molecule has 0 saturated heterocycles. The smallest absolute Gasteiger partial charge is 0.231 e. The zero-order chi connectivity index (χ0) is 10.6. The minimum Gasteiger partial charge on any atom is -0.369 e. The predicted octanol–water partition coefficient (Wildman–Crippen LogP) is 0.0635. The maximum atomic E-state index is 10.9. The molecule has 1 rings (SSSR count). The Hall–Kier alpha value is -0.610. The first-order valence-electron chi connectivity index (χ1n) is 5.43. The van der Waals surface area contributed by atoms with E-state index in [4.69, 9.17) is 11.5 Å². The molecule has 1 saturated carbocycles. The summed E-state index contributed by atoms with van der Waals surface area (Å²) in [5.74, 6) is -0.260. The van der Waals surface area contributed by atoms with Crippen molar-refractivity contribution in [3.63, 3.8) is 0 Å². The molecule has 0 radical (unpaired) electrons. The number of primary amides is 1. The van der Waals surface area contributed by atoms with Crippen molar-refractivity contribution < 1.29 is 4.79 Å². The Morgan fingerprint density at radius 1 is 1.43 bits per heavy atom. The van der Waals surface area contributed by atoms with Gasteiger partial charge in [-0.05, 0) is 19.4 Å². The van der Waals surface area contributed by atoms with Gasteiger partial charge in [-0.1, -0.05) is 19.8 Å². The lowest BCUT2D eigenvalue weighted by atomic mass is 9.90. The minimum atomic E-state index is -0.260. The molecule has 2 atom stereocenters. The van der Waals surface area contributed by atoms with Gasteiger partial charge >= 0.3 is 0 Å². The normalized spacial score (nSPS) is 27.9. The van der Waals surface area contributed by atoms with Crippen LogP contribution in [0.1, 0.15) is 32.6 Å². The maximum absolute atomic E-state index is 10.9. The summed E-state index contributed by atoms with van der Waals surface area (Å²) < 4.78 is 0. The number of carbonyl (C=O) groups excluding carboxylic acids is 1. The molecule has 0 bridgehead atoms. The third-order valence-electron chi connectivity index (χ3n) is 3.02. The van der Waals surface area contributed by atoms with Crippen LogP contribution in [0.4, 0.5) is 0 Å². The summed E-state index contributed by atoms with van der Waals surface area (Å²) in [5.41, 5.74) is 11.2. The molecule has 0 aliphatic heterocycles. The van der Waals surface area contributed by atoms with Gasteiger partial charge in [-0.2, -0.15) is 0 Å². The van der Waals surface area contributed by atoms with Crippen molar-refractivity contribution in [2.45, 2.75) is 44.7 Å². The third-order valence-corrected chi connectivity index (χ3v) is 3.02. The molecule has 0 spiro atoms. The summed E-state index contributed by atoms with van der Waals surface area (Å²) in [6.07, 6.45) is 4.60. The van der Waals surface area contributed by atoms with Crippen LogP contribution >= 0.6 is 0 Å². The second-order valence-electron chi connectivity index (χ2n) is 4.05. The summed E-state index contributed by atoms with van der Waals surface area (Å²) in [7, 11) is 0. The molecule has 82 valence electrons. The second kappa shape index (κ2) is 5.32. The van der Waals surface area contributed by atoms with E-state index in [1.165, 1.54) is 12.8 Å². The Balaban J connectivity index is 2.52. The van der Waals surface area contributed by atoms with Crippen molar-refractivity contribution in [3.8, 4) is 0 Å². The molecule has 0 aromatic rings. The van der Waals surface area contributed by atoms with E-state index in [0.29, 0.717) is 12.6 Å². The van der Waals surface area contributed by atoms with Crippen molar-refractivity contribution >= 4 is 5.91 Å². The van der Waals surface area contributed by atoms with Crippen LogP contribution in [0.15, 0.2) is 0 Å². The van der Waals surface area contributed by atoms with E-state index in [1.807, 2.05) is 6.92 Å². The number of amides is 1. The van der Waals surface area contributed by atoms with Crippen molar-refractivity contribution in [1.29, 1.82) is 0 Å². The van der Waals surface area contributed by atoms with Crippen molar-refractivity contribution in [3.05, 3.63) is 0 Å². The first-order chi connectivity index (χ1) is 6.65.